The van der Waals surface area contributed by atoms with E-state index in [9.17, 15) is 18.0 Å². The van der Waals surface area contributed by atoms with Gasteiger partial charge < -0.3 is 10.0 Å². The van der Waals surface area contributed by atoms with Crippen molar-refractivity contribution in [2.24, 2.45) is 0 Å². The van der Waals surface area contributed by atoms with Crippen LogP contribution in [-0.4, -0.2) is 61.3 Å². The van der Waals surface area contributed by atoms with Crippen LogP contribution in [0.25, 0.3) is 0 Å². The fourth-order valence-corrected chi connectivity index (χ4v) is 2.94. The minimum Gasteiger partial charge on any atom is -0.480 e. The SMILES string of the molecule is CC(C(=O)O)N(C)C(=O)CN(C)S(=O)(=O)c1ccc(Br)cc1. The van der Waals surface area contributed by atoms with Crippen LogP contribution in [-0.2, 0) is 19.6 Å². The van der Waals surface area contributed by atoms with E-state index in [4.69, 9.17) is 5.11 Å². The molecule has 122 valence electrons. The van der Waals surface area contributed by atoms with E-state index in [0.29, 0.717) is 0 Å². The molecule has 22 heavy (non-hydrogen) atoms. The quantitative estimate of drug-likeness (QED) is 0.778. The molecular weight excluding hydrogens is 376 g/mol. The maximum atomic E-state index is 12.3. The van der Waals surface area contributed by atoms with Gasteiger partial charge in [0.1, 0.15) is 6.04 Å². The number of benzene rings is 1. The van der Waals surface area contributed by atoms with Crippen LogP contribution < -0.4 is 0 Å². The van der Waals surface area contributed by atoms with Gasteiger partial charge in [0.15, 0.2) is 0 Å². The number of hydrogen-bond donors (Lipinski definition) is 1. The van der Waals surface area contributed by atoms with Crippen molar-refractivity contribution in [3.05, 3.63) is 28.7 Å². The Bertz CT molecular complexity index is 660. The number of rotatable bonds is 6. The predicted molar refractivity (Wildman–Crippen MR) is 83.8 cm³/mol. The molecule has 1 N–H and O–H groups in total. The van der Waals surface area contributed by atoms with Crippen LogP contribution in [0.5, 0.6) is 0 Å². The zero-order valence-electron chi connectivity index (χ0n) is 12.4. The summed E-state index contributed by atoms with van der Waals surface area (Å²) >= 11 is 3.21. The highest BCUT2D eigenvalue weighted by Crippen LogP contribution is 2.17. The summed E-state index contributed by atoms with van der Waals surface area (Å²) in [4.78, 5) is 23.9. The van der Waals surface area contributed by atoms with Crippen LogP contribution in [0.15, 0.2) is 33.6 Å². The summed E-state index contributed by atoms with van der Waals surface area (Å²) in [6.07, 6.45) is 0. The number of hydrogen-bond acceptors (Lipinski definition) is 4. The molecule has 1 aromatic carbocycles. The average Bonchev–Trinajstić information content (AvgIpc) is 2.45. The first kappa shape index (κ1) is 18.6. The Labute approximate surface area is 137 Å². The maximum absolute atomic E-state index is 12.3. The first-order valence-corrected chi connectivity index (χ1v) is 8.51. The summed E-state index contributed by atoms with van der Waals surface area (Å²) in [6.45, 7) is 0.913. The summed E-state index contributed by atoms with van der Waals surface area (Å²) in [5.41, 5.74) is 0. The number of carboxylic acid groups (broad SMARTS) is 1. The van der Waals surface area contributed by atoms with Gasteiger partial charge in [-0.2, -0.15) is 4.31 Å². The Hall–Kier alpha value is -1.45. The molecule has 1 rings (SSSR count). The van der Waals surface area contributed by atoms with Gasteiger partial charge in [0, 0.05) is 18.6 Å². The number of carboxylic acids is 1. The van der Waals surface area contributed by atoms with Crippen LogP contribution in [0.3, 0.4) is 0 Å². The van der Waals surface area contributed by atoms with E-state index in [1.165, 1.54) is 33.2 Å². The van der Waals surface area contributed by atoms with Crippen molar-refractivity contribution in [2.75, 3.05) is 20.6 Å². The van der Waals surface area contributed by atoms with E-state index in [1.54, 1.807) is 12.1 Å². The van der Waals surface area contributed by atoms with E-state index < -0.39 is 34.5 Å². The lowest BCUT2D eigenvalue weighted by molar-refractivity contribution is -0.148. The van der Waals surface area contributed by atoms with Gasteiger partial charge in [-0.25, -0.2) is 13.2 Å². The largest absolute Gasteiger partial charge is 0.480 e. The lowest BCUT2D eigenvalue weighted by Crippen LogP contribution is -2.45. The second-order valence-electron chi connectivity index (χ2n) is 4.73. The Kier molecular flexibility index (Phi) is 6.09. The smallest absolute Gasteiger partial charge is 0.326 e. The third kappa shape index (κ3) is 4.28. The van der Waals surface area contributed by atoms with E-state index in [2.05, 4.69) is 15.9 Å². The highest BCUT2D eigenvalue weighted by molar-refractivity contribution is 9.10. The van der Waals surface area contributed by atoms with Gasteiger partial charge >= 0.3 is 5.97 Å². The van der Waals surface area contributed by atoms with Gasteiger partial charge in [-0.3, -0.25) is 4.79 Å². The molecule has 7 nitrogen and oxygen atoms in total. The summed E-state index contributed by atoms with van der Waals surface area (Å²) < 4.78 is 26.3. The molecule has 0 saturated heterocycles. The lowest BCUT2D eigenvalue weighted by atomic mass is 10.3. The number of aliphatic carboxylic acids is 1. The molecule has 1 aromatic rings. The van der Waals surface area contributed by atoms with Crippen molar-refractivity contribution in [3.8, 4) is 0 Å². The van der Waals surface area contributed by atoms with Gasteiger partial charge in [0.05, 0.1) is 11.4 Å². The number of halogens is 1. The normalized spacial score (nSPS) is 13.0. The minimum atomic E-state index is -3.81. The van der Waals surface area contributed by atoms with Crippen LogP contribution in [0.2, 0.25) is 0 Å². The standard InChI is InChI=1S/C13H17BrN2O5S/c1-9(13(18)19)16(3)12(17)8-15(2)22(20,21)11-6-4-10(14)5-7-11/h4-7,9H,8H2,1-3H3,(H,18,19). The van der Waals surface area contributed by atoms with Gasteiger partial charge in [0.25, 0.3) is 0 Å². The van der Waals surface area contributed by atoms with Crippen molar-refractivity contribution >= 4 is 37.8 Å². The minimum absolute atomic E-state index is 0.0555. The molecule has 0 spiro atoms. The van der Waals surface area contributed by atoms with Crippen LogP contribution >= 0.6 is 15.9 Å². The van der Waals surface area contributed by atoms with Crippen molar-refractivity contribution in [1.29, 1.82) is 0 Å². The molecule has 0 aliphatic carbocycles. The Morgan fingerprint density at radius 3 is 2.18 bits per heavy atom. The van der Waals surface area contributed by atoms with Gasteiger partial charge in [-0.15, -0.1) is 0 Å². The van der Waals surface area contributed by atoms with Crippen LogP contribution in [0.1, 0.15) is 6.92 Å². The Morgan fingerprint density at radius 2 is 1.73 bits per heavy atom. The molecule has 9 heteroatoms. The zero-order chi connectivity index (χ0) is 17.1. The van der Waals surface area contributed by atoms with Gasteiger partial charge in [-0.05, 0) is 31.2 Å². The molecule has 0 saturated carbocycles. The van der Waals surface area contributed by atoms with Crippen molar-refractivity contribution in [3.63, 3.8) is 0 Å². The summed E-state index contributed by atoms with van der Waals surface area (Å²) in [5, 5.41) is 8.87. The predicted octanol–water partition coefficient (Wildman–Crippen LogP) is 1.00. The molecule has 0 aliphatic heterocycles. The number of carbonyl (C=O) groups is 2. The lowest BCUT2D eigenvalue weighted by Gasteiger charge is -2.24. The van der Waals surface area contributed by atoms with Crippen molar-refractivity contribution in [1.82, 2.24) is 9.21 Å². The molecule has 0 aromatic heterocycles. The van der Waals surface area contributed by atoms with E-state index in [-0.39, 0.29) is 4.90 Å². The third-order valence-corrected chi connectivity index (χ3v) is 5.56. The van der Waals surface area contributed by atoms with Gasteiger partial charge in [-0.1, -0.05) is 15.9 Å². The van der Waals surface area contributed by atoms with E-state index >= 15 is 0 Å². The molecule has 1 amide bonds. The molecule has 0 bridgehead atoms. The number of nitrogens with zero attached hydrogens (tertiary/aromatic N) is 2. The highest BCUT2D eigenvalue weighted by atomic mass is 79.9. The zero-order valence-corrected chi connectivity index (χ0v) is 14.8. The Balaban J connectivity index is 2.87. The fourth-order valence-electron chi connectivity index (χ4n) is 1.56. The molecule has 0 radical (unpaired) electrons. The number of sulfonamides is 1. The monoisotopic (exact) mass is 392 g/mol. The molecule has 1 unspecified atom stereocenters. The molecule has 1 atom stereocenters. The average molecular weight is 393 g/mol. The summed E-state index contributed by atoms with van der Waals surface area (Å²) in [5.74, 6) is -1.76. The highest BCUT2D eigenvalue weighted by Gasteiger charge is 2.27. The molecular formula is C13H17BrN2O5S. The van der Waals surface area contributed by atoms with Crippen LogP contribution in [0.4, 0.5) is 0 Å². The number of carbonyl (C=O) groups excluding carboxylic acids is 1. The fraction of sp³-hybridized carbons (Fsp3) is 0.385. The molecule has 0 aliphatic rings. The maximum Gasteiger partial charge on any atom is 0.326 e. The Morgan fingerprint density at radius 1 is 1.23 bits per heavy atom. The number of amides is 1. The van der Waals surface area contributed by atoms with Crippen LogP contribution in [0, 0.1) is 0 Å². The van der Waals surface area contributed by atoms with E-state index in [0.717, 1.165) is 13.7 Å². The summed E-state index contributed by atoms with van der Waals surface area (Å²) in [6, 6.07) is 4.98. The summed E-state index contributed by atoms with van der Waals surface area (Å²) in [7, 11) is -1.22. The second kappa shape index (κ2) is 7.21. The molecule has 0 heterocycles. The first-order chi connectivity index (χ1) is 10.1. The molecule has 0 fully saturated rings. The third-order valence-electron chi connectivity index (χ3n) is 3.21. The van der Waals surface area contributed by atoms with Crippen molar-refractivity contribution in [2.45, 2.75) is 17.9 Å². The second-order valence-corrected chi connectivity index (χ2v) is 7.69. The van der Waals surface area contributed by atoms with E-state index in [1.807, 2.05) is 0 Å². The number of likely N-dealkylation sites (N-methyl/N-ethyl adjacent to an activating group) is 2. The first-order valence-electron chi connectivity index (χ1n) is 6.27. The topological polar surface area (TPSA) is 95.0 Å². The van der Waals surface area contributed by atoms with Gasteiger partial charge in [0.2, 0.25) is 15.9 Å². The van der Waals surface area contributed by atoms with Crippen molar-refractivity contribution < 1.29 is 23.1 Å².